The average Bonchev–Trinajstić information content (AvgIpc) is 2.12. The Hall–Kier alpha value is -0.0400. The molecule has 0 amide bonds. The summed E-state index contributed by atoms with van der Waals surface area (Å²) in [6.07, 6.45) is 5.47. The summed E-state index contributed by atoms with van der Waals surface area (Å²) in [5.74, 6) is 0. The highest BCUT2D eigenvalue weighted by molar-refractivity contribution is 4.95. The van der Waals surface area contributed by atoms with Gasteiger partial charge in [-0.3, -0.25) is 0 Å². The lowest BCUT2D eigenvalue weighted by molar-refractivity contribution is 0.151. The Kier molecular flexibility index (Phi) is 2.82. The molecule has 1 atom stereocenters. The van der Waals surface area contributed by atoms with Gasteiger partial charge in [0.15, 0.2) is 0 Å². The van der Waals surface area contributed by atoms with Gasteiger partial charge >= 0.3 is 0 Å². The van der Waals surface area contributed by atoms with Crippen molar-refractivity contribution in [3.05, 3.63) is 0 Å². The van der Waals surface area contributed by atoms with Gasteiger partial charge in [-0.05, 0) is 31.7 Å². The summed E-state index contributed by atoms with van der Waals surface area (Å²) in [6, 6.07) is 0. The second kappa shape index (κ2) is 3.37. The monoisotopic (exact) mass is 169 g/mol. The van der Waals surface area contributed by atoms with Crippen molar-refractivity contribution < 1.29 is 0 Å². The minimum absolute atomic E-state index is 0.351. The molecule has 0 aromatic rings. The Morgan fingerprint density at radius 1 is 1.08 bits per heavy atom. The number of rotatable bonds is 0. The fourth-order valence-corrected chi connectivity index (χ4v) is 1.87. The Morgan fingerprint density at radius 2 is 1.75 bits per heavy atom. The minimum Gasteiger partial charge on any atom is -0.311 e. The zero-order valence-electron chi connectivity index (χ0n) is 9.04. The Morgan fingerprint density at radius 3 is 2.33 bits per heavy atom. The molecule has 1 aliphatic heterocycles. The van der Waals surface area contributed by atoms with Gasteiger partial charge in [0.2, 0.25) is 0 Å². The third-order valence-electron chi connectivity index (χ3n) is 3.52. The maximum atomic E-state index is 3.70. The van der Waals surface area contributed by atoms with Gasteiger partial charge in [0, 0.05) is 5.54 Å². The van der Waals surface area contributed by atoms with Crippen molar-refractivity contribution in [3.8, 4) is 0 Å². The van der Waals surface area contributed by atoms with Crippen LogP contribution in [-0.2, 0) is 0 Å². The molecule has 1 heterocycles. The molecular weight excluding hydrogens is 146 g/mol. The van der Waals surface area contributed by atoms with Crippen LogP contribution in [0.4, 0.5) is 0 Å². The summed E-state index contributed by atoms with van der Waals surface area (Å²) in [6.45, 7) is 10.6. The van der Waals surface area contributed by atoms with Crippen molar-refractivity contribution in [2.75, 3.05) is 6.54 Å². The van der Waals surface area contributed by atoms with Crippen LogP contribution in [0.3, 0.4) is 0 Å². The average molecular weight is 169 g/mol. The Balaban J connectivity index is 2.67. The van der Waals surface area contributed by atoms with Crippen LogP contribution in [-0.4, -0.2) is 12.1 Å². The lowest BCUT2D eigenvalue weighted by Gasteiger charge is -2.42. The molecule has 1 N–H and O–H groups in total. The van der Waals surface area contributed by atoms with Gasteiger partial charge in [-0.15, -0.1) is 0 Å². The van der Waals surface area contributed by atoms with E-state index in [-0.39, 0.29) is 0 Å². The molecule has 1 rings (SSSR count). The van der Waals surface area contributed by atoms with E-state index in [0.717, 1.165) is 0 Å². The van der Waals surface area contributed by atoms with Crippen LogP contribution >= 0.6 is 0 Å². The van der Waals surface area contributed by atoms with Crippen LogP contribution in [0.15, 0.2) is 0 Å². The van der Waals surface area contributed by atoms with E-state index in [0.29, 0.717) is 11.0 Å². The van der Waals surface area contributed by atoms with E-state index >= 15 is 0 Å². The maximum absolute atomic E-state index is 3.70. The van der Waals surface area contributed by atoms with Gasteiger partial charge < -0.3 is 5.32 Å². The second-order valence-electron chi connectivity index (χ2n) is 5.32. The standard InChI is InChI=1S/C11H23N/c1-10(2,3)11(4)8-6-5-7-9-12-11/h12H,5-9H2,1-4H3. The van der Waals surface area contributed by atoms with Gasteiger partial charge in [-0.2, -0.15) is 0 Å². The summed E-state index contributed by atoms with van der Waals surface area (Å²) in [7, 11) is 0. The highest BCUT2D eigenvalue weighted by Crippen LogP contribution is 2.35. The van der Waals surface area contributed by atoms with Gasteiger partial charge in [-0.1, -0.05) is 33.6 Å². The van der Waals surface area contributed by atoms with Crippen LogP contribution in [0.1, 0.15) is 53.4 Å². The molecule has 0 spiro atoms. The van der Waals surface area contributed by atoms with E-state index in [1.807, 2.05) is 0 Å². The Labute approximate surface area is 76.9 Å². The van der Waals surface area contributed by atoms with Gasteiger partial charge in [0.1, 0.15) is 0 Å². The molecule has 0 aliphatic carbocycles. The van der Waals surface area contributed by atoms with Crippen molar-refractivity contribution in [3.63, 3.8) is 0 Å². The van der Waals surface area contributed by atoms with Crippen molar-refractivity contribution in [1.82, 2.24) is 5.32 Å². The number of nitrogens with one attached hydrogen (secondary N) is 1. The quantitative estimate of drug-likeness (QED) is 0.588. The fourth-order valence-electron chi connectivity index (χ4n) is 1.87. The van der Waals surface area contributed by atoms with E-state index in [1.54, 1.807) is 0 Å². The maximum Gasteiger partial charge on any atom is 0.0201 e. The summed E-state index contributed by atoms with van der Waals surface area (Å²) >= 11 is 0. The summed E-state index contributed by atoms with van der Waals surface area (Å²) in [5.41, 5.74) is 0.737. The van der Waals surface area contributed by atoms with Gasteiger partial charge in [-0.25, -0.2) is 0 Å². The van der Waals surface area contributed by atoms with Gasteiger partial charge in [0.25, 0.3) is 0 Å². The van der Waals surface area contributed by atoms with Crippen LogP contribution in [0.2, 0.25) is 0 Å². The SMILES string of the molecule is CC(C)(C)C1(C)CCCCCN1. The highest BCUT2D eigenvalue weighted by atomic mass is 15.0. The zero-order chi connectivity index (χ0) is 9.24. The van der Waals surface area contributed by atoms with Crippen LogP contribution in [0.25, 0.3) is 0 Å². The summed E-state index contributed by atoms with van der Waals surface area (Å²) in [5, 5.41) is 3.70. The highest BCUT2D eigenvalue weighted by Gasteiger charge is 2.36. The molecule has 1 heteroatoms. The molecule has 12 heavy (non-hydrogen) atoms. The van der Waals surface area contributed by atoms with Crippen molar-refractivity contribution in [2.24, 2.45) is 5.41 Å². The molecule has 0 bridgehead atoms. The summed E-state index contributed by atoms with van der Waals surface area (Å²) < 4.78 is 0. The summed E-state index contributed by atoms with van der Waals surface area (Å²) in [4.78, 5) is 0. The largest absolute Gasteiger partial charge is 0.311 e. The minimum atomic E-state index is 0.351. The predicted molar refractivity (Wildman–Crippen MR) is 54.3 cm³/mol. The Bertz CT molecular complexity index is 136. The smallest absolute Gasteiger partial charge is 0.0201 e. The predicted octanol–water partition coefficient (Wildman–Crippen LogP) is 2.95. The lowest BCUT2D eigenvalue weighted by atomic mass is 9.72. The first-order valence-electron chi connectivity index (χ1n) is 5.21. The normalized spacial score (nSPS) is 33.0. The third kappa shape index (κ3) is 2.01. The molecule has 1 nitrogen and oxygen atoms in total. The van der Waals surface area contributed by atoms with Crippen molar-refractivity contribution in [1.29, 1.82) is 0 Å². The topological polar surface area (TPSA) is 12.0 Å². The fraction of sp³-hybridized carbons (Fsp3) is 1.00. The molecule has 1 unspecified atom stereocenters. The van der Waals surface area contributed by atoms with E-state index in [2.05, 4.69) is 33.0 Å². The van der Waals surface area contributed by atoms with Gasteiger partial charge in [0.05, 0.1) is 0 Å². The zero-order valence-corrected chi connectivity index (χ0v) is 9.04. The van der Waals surface area contributed by atoms with Crippen molar-refractivity contribution >= 4 is 0 Å². The van der Waals surface area contributed by atoms with E-state index < -0.39 is 0 Å². The van der Waals surface area contributed by atoms with E-state index in [1.165, 1.54) is 32.2 Å². The van der Waals surface area contributed by atoms with E-state index in [9.17, 15) is 0 Å². The van der Waals surface area contributed by atoms with Crippen LogP contribution in [0, 0.1) is 5.41 Å². The number of hydrogen-bond acceptors (Lipinski definition) is 1. The first-order chi connectivity index (χ1) is 5.46. The van der Waals surface area contributed by atoms with Crippen LogP contribution < -0.4 is 5.32 Å². The molecule has 0 aromatic carbocycles. The number of hydrogen-bond donors (Lipinski definition) is 1. The lowest BCUT2D eigenvalue weighted by Crippen LogP contribution is -2.51. The molecule has 72 valence electrons. The molecule has 1 aliphatic rings. The first-order valence-corrected chi connectivity index (χ1v) is 5.21. The molecule has 0 saturated carbocycles. The molecule has 0 radical (unpaired) electrons. The second-order valence-corrected chi connectivity index (χ2v) is 5.32. The van der Waals surface area contributed by atoms with E-state index in [4.69, 9.17) is 0 Å². The van der Waals surface area contributed by atoms with Crippen LogP contribution in [0.5, 0.6) is 0 Å². The molecular formula is C11H23N. The first kappa shape index (κ1) is 10.0. The molecule has 1 fully saturated rings. The molecule has 1 saturated heterocycles. The molecule has 0 aromatic heterocycles. The third-order valence-corrected chi connectivity index (χ3v) is 3.52. The van der Waals surface area contributed by atoms with Crippen molar-refractivity contribution in [2.45, 2.75) is 58.9 Å².